The van der Waals surface area contributed by atoms with Crippen LogP contribution in [0.1, 0.15) is 22.3 Å². The molecule has 0 spiro atoms. The number of benzene rings is 1. The molecule has 0 N–H and O–H groups in total. The summed E-state index contributed by atoms with van der Waals surface area (Å²) in [5, 5.41) is 0. The molecule has 0 atom stereocenters. The van der Waals surface area contributed by atoms with Crippen LogP contribution in [0.2, 0.25) is 0 Å². The molecule has 1 aromatic carbocycles. The highest BCUT2D eigenvalue weighted by atomic mass is 16.5. The van der Waals surface area contributed by atoms with Crippen LogP contribution in [0.5, 0.6) is 0 Å². The van der Waals surface area contributed by atoms with Crippen molar-refractivity contribution >= 4 is 0 Å². The lowest BCUT2D eigenvalue weighted by molar-refractivity contribution is 0.0770. The van der Waals surface area contributed by atoms with E-state index in [0.717, 1.165) is 6.54 Å². The van der Waals surface area contributed by atoms with Crippen LogP contribution in [-0.4, -0.2) is 25.8 Å². The fourth-order valence-electron chi connectivity index (χ4n) is 1.75. The number of ether oxygens (including phenoxy) is 1. The minimum atomic E-state index is 0.673. The molecule has 0 aromatic heterocycles. The number of rotatable bonds is 4. The van der Waals surface area contributed by atoms with E-state index in [1.807, 2.05) is 0 Å². The molecule has 0 fully saturated rings. The zero-order chi connectivity index (χ0) is 11.4. The van der Waals surface area contributed by atoms with Gasteiger partial charge in [0.1, 0.15) is 0 Å². The summed E-state index contributed by atoms with van der Waals surface area (Å²) in [5.41, 5.74) is 5.48. The molecule has 0 unspecified atom stereocenters. The molecule has 0 aliphatic heterocycles. The van der Waals surface area contributed by atoms with E-state index in [2.05, 4.69) is 44.9 Å². The monoisotopic (exact) mass is 207 g/mol. The van der Waals surface area contributed by atoms with Crippen molar-refractivity contribution in [3.8, 4) is 0 Å². The predicted octanol–water partition coefficient (Wildman–Crippen LogP) is 2.65. The third kappa shape index (κ3) is 3.33. The molecule has 0 bridgehead atoms. The first kappa shape index (κ1) is 12.2. The summed E-state index contributed by atoms with van der Waals surface area (Å²) in [5.74, 6) is 0. The summed E-state index contributed by atoms with van der Waals surface area (Å²) in [4.78, 5) is 2.16. The van der Waals surface area contributed by atoms with Crippen LogP contribution < -0.4 is 0 Å². The fourth-order valence-corrected chi connectivity index (χ4v) is 1.75. The lowest BCUT2D eigenvalue weighted by atomic mass is 10.0. The van der Waals surface area contributed by atoms with Crippen LogP contribution in [0.4, 0.5) is 0 Å². The molecular weight excluding hydrogens is 186 g/mol. The van der Waals surface area contributed by atoms with Crippen molar-refractivity contribution in [2.45, 2.75) is 27.3 Å². The number of hydrogen-bond donors (Lipinski definition) is 0. The van der Waals surface area contributed by atoms with Gasteiger partial charge in [0, 0.05) is 13.7 Å². The van der Waals surface area contributed by atoms with Crippen molar-refractivity contribution in [3.63, 3.8) is 0 Å². The molecule has 2 heteroatoms. The second-order valence-electron chi connectivity index (χ2n) is 4.29. The van der Waals surface area contributed by atoms with E-state index in [0.29, 0.717) is 6.73 Å². The molecule has 2 nitrogen and oxygen atoms in total. The Hall–Kier alpha value is -0.860. The molecular formula is C13H21NO. The Labute approximate surface area is 92.9 Å². The Morgan fingerprint density at radius 2 is 1.67 bits per heavy atom. The second kappa shape index (κ2) is 5.29. The van der Waals surface area contributed by atoms with Crippen LogP contribution in [0.25, 0.3) is 0 Å². The highest BCUT2D eigenvalue weighted by Gasteiger charge is 2.04. The SMILES string of the molecule is COCN(C)Cc1cc(C)c(C)cc1C. The van der Waals surface area contributed by atoms with Gasteiger partial charge in [0.15, 0.2) is 0 Å². The Bertz CT molecular complexity index is 334. The largest absolute Gasteiger partial charge is 0.369 e. The predicted molar refractivity (Wildman–Crippen MR) is 64.0 cm³/mol. The van der Waals surface area contributed by atoms with Crippen LogP contribution in [-0.2, 0) is 11.3 Å². The van der Waals surface area contributed by atoms with E-state index in [4.69, 9.17) is 4.74 Å². The molecule has 0 saturated carbocycles. The maximum absolute atomic E-state index is 5.10. The van der Waals surface area contributed by atoms with Crippen LogP contribution in [0.3, 0.4) is 0 Å². The fraction of sp³-hybridized carbons (Fsp3) is 0.538. The van der Waals surface area contributed by atoms with Gasteiger partial charge in [-0.15, -0.1) is 0 Å². The lowest BCUT2D eigenvalue weighted by Gasteiger charge is -2.18. The van der Waals surface area contributed by atoms with E-state index in [1.165, 1.54) is 22.3 Å². The molecule has 0 radical (unpaired) electrons. The van der Waals surface area contributed by atoms with Gasteiger partial charge in [-0.25, -0.2) is 0 Å². The zero-order valence-corrected chi connectivity index (χ0v) is 10.4. The van der Waals surface area contributed by atoms with E-state index < -0.39 is 0 Å². The summed E-state index contributed by atoms with van der Waals surface area (Å²) < 4.78 is 5.10. The number of hydrogen-bond acceptors (Lipinski definition) is 2. The van der Waals surface area contributed by atoms with Gasteiger partial charge in [-0.3, -0.25) is 4.90 Å². The summed E-state index contributed by atoms with van der Waals surface area (Å²) in [6.45, 7) is 8.11. The summed E-state index contributed by atoms with van der Waals surface area (Å²) in [6, 6.07) is 4.53. The third-order valence-electron chi connectivity index (χ3n) is 2.74. The number of aryl methyl sites for hydroxylation is 3. The maximum atomic E-state index is 5.10. The Morgan fingerprint density at radius 3 is 2.27 bits per heavy atom. The van der Waals surface area contributed by atoms with Gasteiger partial charge in [0.05, 0.1) is 6.73 Å². The zero-order valence-electron chi connectivity index (χ0n) is 10.4. The smallest absolute Gasteiger partial charge is 0.0986 e. The molecule has 1 aromatic rings. The Balaban J connectivity index is 2.81. The average Bonchev–Trinajstić information content (AvgIpc) is 2.14. The van der Waals surface area contributed by atoms with Crippen molar-refractivity contribution in [3.05, 3.63) is 34.4 Å². The Kier molecular flexibility index (Phi) is 4.30. The van der Waals surface area contributed by atoms with Gasteiger partial charge >= 0.3 is 0 Å². The molecule has 0 saturated heterocycles. The van der Waals surface area contributed by atoms with Gasteiger partial charge in [0.2, 0.25) is 0 Å². The average molecular weight is 207 g/mol. The third-order valence-corrected chi connectivity index (χ3v) is 2.74. The van der Waals surface area contributed by atoms with Gasteiger partial charge in [-0.05, 0) is 50.1 Å². The molecule has 0 amide bonds. The number of methoxy groups -OCH3 is 1. The highest BCUT2D eigenvalue weighted by molar-refractivity contribution is 5.36. The quantitative estimate of drug-likeness (QED) is 0.704. The standard InChI is InChI=1S/C13H21NO/c1-10-6-12(3)13(7-11(10)2)8-14(4)9-15-5/h6-7H,8-9H2,1-5H3. The first-order valence-electron chi connectivity index (χ1n) is 5.28. The van der Waals surface area contributed by atoms with Gasteiger partial charge in [-0.2, -0.15) is 0 Å². The van der Waals surface area contributed by atoms with Crippen LogP contribution >= 0.6 is 0 Å². The molecule has 0 aliphatic carbocycles. The summed E-state index contributed by atoms with van der Waals surface area (Å²) in [7, 11) is 3.79. The first-order chi connectivity index (χ1) is 7.04. The van der Waals surface area contributed by atoms with Crippen molar-refractivity contribution in [2.75, 3.05) is 20.9 Å². The topological polar surface area (TPSA) is 12.5 Å². The molecule has 0 aliphatic rings. The second-order valence-corrected chi connectivity index (χ2v) is 4.29. The minimum absolute atomic E-state index is 0.673. The number of nitrogens with zero attached hydrogens (tertiary/aromatic N) is 1. The van der Waals surface area contributed by atoms with Crippen molar-refractivity contribution in [2.24, 2.45) is 0 Å². The van der Waals surface area contributed by atoms with Crippen LogP contribution in [0, 0.1) is 20.8 Å². The van der Waals surface area contributed by atoms with Gasteiger partial charge in [-0.1, -0.05) is 12.1 Å². The van der Waals surface area contributed by atoms with Gasteiger partial charge < -0.3 is 4.74 Å². The van der Waals surface area contributed by atoms with E-state index in [9.17, 15) is 0 Å². The molecule has 0 heterocycles. The molecule has 15 heavy (non-hydrogen) atoms. The van der Waals surface area contributed by atoms with Crippen molar-refractivity contribution in [1.82, 2.24) is 4.90 Å². The van der Waals surface area contributed by atoms with Crippen molar-refractivity contribution in [1.29, 1.82) is 0 Å². The minimum Gasteiger partial charge on any atom is -0.369 e. The van der Waals surface area contributed by atoms with E-state index >= 15 is 0 Å². The first-order valence-corrected chi connectivity index (χ1v) is 5.28. The lowest BCUT2D eigenvalue weighted by Crippen LogP contribution is -2.20. The molecule has 1 rings (SSSR count). The highest BCUT2D eigenvalue weighted by Crippen LogP contribution is 2.16. The maximum Gasteiger partial charge on any atom is 0.0986 e. The summed E-state index contributed by atoms with van der Waals surface area (Å²) in [6.07, 6.45) is 0. The van der Waals surface area contributed by atoms with E-state index in [-0.39, 0.29) is 0 Å². The molecule has 84 valence electrons. The van der Waals surface area contributed by atoms with Crippen molar-refractivity contribution < 1.29 is 4.74 Å². The van der Waals surface area contributed by atoms with E-state index in [1.54, 1.807) is 7.11 Å². The Morgan fingerprint density at radius 1 is 1.07 bits per heavy atom. The summed E-state index contributed by atoms with van der Waals surface area (Å²) >= 11 is 0. The normalized spacial score (nSPS) is 11.1. The van der Waals surface area contributed by atoms with Gasteiger partial charge in [0.25, 0.3) is 0 Å². The van der Waals surface area contributed by atoms with Crippen LogP contribution in [0.15, 0.2) is 12.1 Å².